The molecule has 0 aliphatic heterocycles. The number of benzene rings is 1. The van der Waals surface area contributed by atoms with Crippen LogP contribution in [0.2, 0.25) is 0 Å². The van der Waals surface area contributed by atoms with Gasteiger partial charge in [-0.2, -0.15) is 0 Å². The molecule has 0 amide bonds. The van der Waals surface area contributed by atoms with Crippen molar-refractivity contribution in [1.82, 2.24) is 0 Å². The molecule has 1 aromatic rings. The predicted molar refractivity (Wildman–Crippen MR) is 77.6 cm³/mol. The molecule has 2 heteroatoms. The second-order valence-electron chi connectivity index (χ2n) is 5.21. The maximum atomic E-state index is 13.1. The smallest absolute Gasteiger partial charge is 0.125 e. The average Bonchev–Trinajstić information content (AvgIpc) is 2.33. The van der Waals surface area contributed by atoms with Gasteiger partial charge in [0.15, 0.2) is 0 Å². The molecule has 1 N–H and O–H groups in total. The normalized spacial score (nSPS) is 12.4. The van der Waals surface area contributed by atoms with Crippen LogP contribution in [0.25, 0.3) is 0 Å². The lowest BCUT2D eigenvalue weighted by molar-refractivity contribution is 0.577. The predicted octanol–water partition coefficient (Wildman–Crippen LogP) is 5.30. The quantitative estimate of drug-likeness (QED) is 0.619. The molecule has 1 aromatic carbocycles. The number of anilines is 1. The molecule has 1 nitrogen and oxygen atoms in total. The number of halogens is 1. The summed E-state index contributed by atoms with van der Waals surface area (Å²) >= 11 is 0. The third-order valence-electron chi connectivity index (χ3n) is 3.34. The second-order valence-corrected chi connectivity index (χ2v) is 5.21. The van der Waals surface area contributed by atoms with Crippen LogP contribution in [0, 0.1) is 12.7 Å². The zero-order valence-electron chi connectivity index (χ0n) is 11.9. The van der Waals surface area contributed by atoms with Gasteiger partial charge in [-0.3, -0.25) is 0 Å². The van der Waals surface area contributed by atoms with Crippen molar-refractivity contribution in [3.05, 3.63) is 29.6 Å². The van der Waals surface area contributed by atoms with E-state index >= 15 is 0 Å². The van der Waals surface area contributed by atoms with E-state index < -0.39 is 0 Å². The molecule has 0 radical (unpaired) electrons. The van der Waals surface area contributed by atoms with Crippen molar-refractivity contribution in [1.29, 1.82) is 0 Å². The summed E-state index contributed by atoms with van der Waals surface area (Å²) in [7, 11) is 0. The van der Waals surface area contributed by atoms with Crippen LogP contribution < -0.4 is 5.32 Å². The van der Waals surface area contributed by atoms with E-state index in [0.717, 1.165) is 17.7 Å². The Morgan fingerprint density at radius 3 is 2.61 bits per heavy atom. The van der Waals surface area contributed by atoms with E-state index in [2.05, 4.69) is 19.2 Å². The lowest BCUT2D eigenvalue weighted by Gasteiger charge is -2.17. The Balaban J connectivity index is 2.30. The van der Waals surface area contributed by atoms with Crippen LogP contribution in [0.15, 0.2) is 18.2 Å². The highest BCUT2D eigenvalue weighted by Crippen LogP contribution is 2.18. The van der Waals surface area contributed by atoms with E-state index in [1.165, 1.54) is 38.2 Å². The molecule has 0 aliphatic rings. The summed E-state index contributed by atoms with van der Waals surface area (Å²) in [6.45, 7) is 6.41. The van der Waals surface area contributed by atoms with Crippen LogP contribution in [-0.4, -0.2) is 6.04 Å². The standard InChI is InChI=1S/C16H26FN/c1-4-5-6-7-8-9-14(3)18-16-12-15(17)11-10-13(16)2/h10-12,14,18H,4-9H2,1-3H3. The van der Waals surface area contributed by atoms with Crippen LogP contribution in [-0.2, 0) is 0 Å². The first-order valence-corrected chi connectivity index (χ1v) is 7.16. The summed E-state index contributed by atoms with van der Waals surface area (Å²) in [5, 5.41) is 3.40. The van der Waals surface area contributed by atoms with Crippen molar-refractivity contribution in [2.75, 3.05) is 5.32 Å². The zero-order valence-corrected chi connectivity index (χ0v) is 11.9. The van der Waals surface area contributed by atoms with Gasteiger partial charge in [-0.1, -0.05) is 45.1 Å². The lowest BCUT2D eigenvalue weighted by atomic mass is 10.1. The molecular formula is C16H26FN. The van der Waals surface area contributed by atoms with Crippen molar-refractivity contribution in [2.24, 2.45) is 0 Å². The Bertz CT molecular complexity index is 349. The highest BCUT2D eigenvalue weighted by Gasteiger charge is 2.05. The van der Waals surface area contributed by atoms with Gasteiger partial charge in [0.05, 0.1) is 0 Å². The number of nitrogens with one attached hydrogen (secondary N) is 1. The Labute approximate surface area is 111 Å². The molecule has 1 atom stereocenters. The molecule has 0 aliphatic carbocycles. The monoisotopic (exact) mass is 251 g/mol. The fraction of sp³-hybridized carbons (Fsp3) is 0.625. The Morgan fingerprint density at radius 2 is 1.89 bits per heavy atom. The van der Waals surface area contributed by atoms with Crippen LogP contribution >= 0.6 is 0 Å². The molecule has 0 aromatic heterocycles. The minimum Gasteiger partial charge on any atom is -0.382 e. The molecule has 1 unspecified atom stereocenters. The van der Waals surface area contributed by atoms with Crippen LogP contribution in [0.5, 0.6) is 0 Å². The van der Waals surface area contributed by atoms with Gasteiger partial charge in [-0.15, -0.1) is 0 Å². The van der Waals surface area contributed by atoms with Gasteiger partial charge in [-0.25, -0.2) is 4.39 Å². The molecule has 0 fully saturated rings. The number of aryl methyl sites for hydroxylation is 1. The van der Waals surface area contributed by atoms with Crippen molar-refractivity contribution in [2.45, 2.75) is 65.3 Å². The van der Waals surface area contributed by atoms with Crippen molar-refractivity contribution >= 4 is 5.69 Å². The fourth-order valence-corrected chi connectivity index (χ4v) is 2.14. The molecule has 0 bridgehead atoms. The van der Waals surface area contributed by atoms with Gasteiger partial charge >= 0.3 is 0 Å². The van der Waals surface area contributed by atoms with Gasteiger partial charge < -0.3 is 5.32 Å². The van der Waals surface area contributed by atoms with Gasteiger partial charge in [0.25, 0.3) is 0 Å². The van der Waals surface area contributed by atoms with Gasteiger partial charge in [0.1, 0.15) is 5.82 Å². The summed E-state index contributed by atoms with van der Waals surface area (Å²) in [5.74, 6) is -0.168. The summed E-state index contributed by atoms with van der Waals surface area (Å²) in [6, 6.07) is 5.33. The third-order valence-corrected chi connectivity index (χ3v) is 3.34. The third kappa shape index (κ3) is 5.52. The number of hydrogen-bond donors (Lipinski definition) is 1. The zero-order chi connectivity index (χ0) is 13.4. The maximum Gasteiger partial charge on any atom is 0.125 e. The SMILES string of the molecule is CCCCCCCC(C)Nc1cc(F)ccc1C. The highest BCUT2D eigenvalue weighted by atomic mass is 19.1. The maximum absolute atomic E-state index is 13.1. The fourth-order valence-electron chi connectivity index (χ4n) is 2.14. The van der Waals surface area contributed by atoms with E-state index in [0.29, 0.717) is 6.04 Å². The summed E-state index contributed by atoms with van der Waals surface area (Å²) in [5.41, 5.74) is 2.03. The van der Waals surface area contributed by atoms with E-state index in [1.807, 2.05) is 13.0 Å². The van der Waals surface area contributed by atoms with Gasteiger partial charge in [0, 0.05) is 11.7 Å². The Hall–Kier alpha value is -1.05. The minimum atomic E-state index is -0.168. The number of unbranched alkanes of at least 4 members (excludes halogenated alkanes) is 4. The average molecular weight is 251 g/mol. The van der Waals surface area contributed by atoms with E-state index in [-0.39, 0.29) is 5.82 Å². The highest BCUT2D eigenvalue weighted by molar-refractivity contribution is 5.51. The molecule has 18 heavy (non-hydrogen) atoms. The second kappa shape index (κ2) is 8.12. The largest absolute Gasteiger partial charge is 0.382 e. The summed E-state index contributed by atoms with van der Waals surface area (Å²) in [4.78, 5) is 0. The van der Waals surface area contributed by atoms with Gasteiger partial charge in [0.2, 0.25) is 0 Å². The lowest BCUT2D eigenvalue weighted by Crippen LogP contribution is -2.15. The molecule has 0 heterocycles. The molecule has 0 saturated heterocycles. The number of hydrogen-bond acceptors (Lipinski definition) is 1. The summed E-state index contributed by atoms with van der Waals surface area (Å²) < 4.78 is 13.1. The van der Waals surface area contributed by atoms with Crippen LogP contribution in [0.1, 0.15) is 57.9 Å². The molecule has 1 rings (SSSR count). The number of rotatable bonds is 8. The molecule has 102 valence electrons. The molecular weight excluding hydrogens is 225 g/mol. The van der Waals surface area contributed by atoms with Crippen LogP contribution in [0.3, 0.4) is 0 Å². The van der Waals surface area contributed by atoms with E-state index in [4.69, 9.17) is 0 Å². The summed E-state index contributed by atoms with van der Waals surface area (Å²) in [6.07, 6.45) is 7.67. The minimum absolute atomic E-state index is 0.168. The first-order valence-electron chi connectivity index (χ1n) is 7.16. The van der Waals surface area contributed by atoms with Crippen LogP contribution in [0.4, 0.5) is 10.1 Å². The molecule has 0 saturated carbocycles. The topological polar surface area (TPSA) is 12.0 Å². The first-order chi connectivity index (χ1) is 8.63. The Morgan fingerprint density at radius 1 is 1.17 bits per heavy atom. The first kappa shape index (κ1) is 15.0. The molecule has 0 spiro atoms. The van der Waals surface area contributed by atoms with Crippen molar-refractivity contribution < 1.29 is 4.39 Å². The van der Waals surface area contributed by atoms with Gasteiger partial charge in [-0.05, 0) is 38.0 Å². The Kier molecular flexibility index (Phi) is 6.77. The van der Waals surface area contributed by atoms with E-state index in [9.17, 15) is 4.39 Å². The van der Waals surface area contributed by atoms with E-state index in [1.54, 1.807) is 6.07 Å². The van der Waals surface area contributed by atoms with Crippen molar-refractivity contribution in [3.63, 3.8) is 0 Å². The van der Waals surface area contributed by atoms with Crippen molar-refractivity contribution in [3.8, 4) is 0 Å².